The number of hydrazine groups is 1. The molecule has 1 aromatic rings. The van der Waals surface area contributed by atoms with Crippen molar-refractivity contribution >= 4 is 11.8 Å². The van der Waals surface area contributed by atoms with Crippen molar-refractivity contribution in [3.63, 3.8) is 0 Å². The van der Waals surface area contributed by atoms with Gasteiger partial charge in [-0.05, 0) is 57.6 Å². The molecule has 0 aromatic carbocycles. The summed E-state index contributed by atoms with van der Waals surface area (Å²) in [5, 5.41) is 1.31. The smallest absolute Gasteiger partial charge is 0.409 e. The topological polar surface area (TPSA) is 107 Å². The third-order valence-electron chi connectivity index (χ3n) is 5.17. The lowest BCUT2D eigenvalue weighted by Crippen LogP contribution is -2.34. The van der Waals surface area contributed by atoms with Gasteiger partial charge in [-0.15, -0.1) is 0 Å². The average Bonchev–Trinajstić information content (AvgIpc) is 3.22. The van der Waals surface area contributed by atoms with Crippen molar-refractivity contribution in [1.82, 2.24) is 14.9 Å². The van der Waals surface area contributed by atoms with Crippen LogP contribution in [0.4, 0.5) is 9.18 Å². The van der Waals surface area contributed by atoms with E-state index in [0.29, 0.717) is 36.5 Å². The summed E-state index contributed by atoms with van der Waals surface area (Å²) >= 11 is 0. The van der Waals surface area contributed by atoms with E-state index < -0.39 is 12.8 Å². The van der Waals surface area contributed by atoms with E-state index in [1.54, 1.807) is 20.2 Å². The Bertz CT molecular complexity index is 735. The van der Waals surface area contributed by atoms with E-state index in [2.05, 4.69) is 4.98 Å². The first-order valence-corrected chi connectivity index (χ1v) is 10.4. The highest BCUT2D eigenvalue weighted by atomic mass is 19.1. The number of likely N-dealkylation sites (N-methyl/N-ethyl adjacent to an activating group) is 1. The number of hydrogen-bond acceptors (Lipinski definition) is 7. The van der Waals surface area contributed by atoms with Crippen molar-refractivity contribution < 1.29 is 18.7 Å². The van der Waals surface area contributed by atoms with Crippen LogP contribution in [0.25, 0.3) is 5.70 Å². The Morgan fingerprint density at radius 1 is 1.27 bits per heavy atom. The molecule has 8 nitrogen and oxygen atoms in total. The van der Waals surface area contributed by atoms with E-state index in [-0.39, 0.29) is 12.7 Å². The second-order valence-corrected chi connectivity index (χ2v) is 7.65. The Balaban J connectivity index is 2.06. The normalized spacial score (nSPS) is 15.0. The molecule has 0 spiro atoms. The van der Waals surface area contributed by atoms with E-state index in [0.717, 1.165) is 24.3 Å². The third-order valence-corrected chi connectivity index (χ3v) is 5.17. The molecule has 9 heteroatoms. The van der Waals surface area contributed by atoms with Crippen LogP contribution in [-0.2, 0) is 4.74 Å². The zero-order valence-corrected chi connectivity index (χ0v) is 18.2. The minimum absolute atomic E-state index is 0.105. The molecule has 0 bridgehead atoms. The number of carbonyl (C=O) groups is 1. The molecule has 1 fully saturated rings. The van der Waals surface area contributed by atoms with Gasteiger partial charge >= 0.3 is 6.09 Å². The van der Waals surface area contributed by atoms with Crippen LogP contribution in [0.15, 0.2) is 17.8 Å². The van der Waals surface area contributed by atoms with Gasteiger partial charge in [0.2, 0.25) is 0 Å². The SMILES string of the molecule is Cc1nc(/C(N)=C(\COC(=O)N(C)CCCCF)N(C)N)ccc1OC1CCCC1. The maximum Gasteiger partial charge on any atom is 0.409 e. The highest BCUT2D eigenvalue weighted by Gasteiger charge is 2.19. The molecule has 0 unspecified atom stereocenters. The maximum atomic E-state index is 12.2. The van der Waals surface area contributed by atoms with Crippen LogP contribution in [0, 0.1) is 6.92 Å². The van der Waals surface area contributed by atoms with Crippen molar-refractivity contribution in [3.8, 4) is 5.75 Å². The molecule has 1 aliphatic carbocycles. The number of alkyl halides is 1. The van der Waals surface area contributed by atoms with Gasteiger partial charge < -0.3 is 25.1 Å². The van der Waals surface area contributed by atoms with Crippen molar-refractivity contribution in [3.05, 3.63) is 29.2 Å². The number of halogens is 1. The molecule has 0 aliphatic heterocycles. The van der Waals surface area contributed by atoms with Crippen molar-refractivity contribution in [2.45, 2.75) is 51.6 Å². The van der Waals surface area contributed by atoms with Crippen LogP contribution in [-0.4, -0.2) is 61.0 Å². The molecule has 1 amide bonds. The average molecular weight is 424 g/mol. The van der Waals surface area contributed by atoms with E-state index in [1.165, 1.54) is 22.8 Å². The minimum atomic E-state index is -0.523. The molecule has 0 radical (unpaired) electrons. The van der Waals surface area contributed by atoms with Crippen molar-refractivity contribution in [2.75, 3.05) is 33.9 Å². The molecule has 1 heterocycles. The van der Waals surface area contributed by atoms with Crippen LogP contribution in [0.2, 0.25) is 0 Å². The van der Waals surface area contributed by atoms with Crippen LogP contribution in [0.5, 0.6) is 5.75 Å². The highest BCUT2D eigenvalue weighted by Crippen LogP contribution is 2.27. The van der Waals surface area contributed by atoms with Crippen LogP contribution >= 0.6 is 0 Å². The molecule has 0 saturated heterocycles. The van der Waals surface area contributed by atoms with Crippen molar-refractivity contribution in [1.29, 1.82) is 0 Å². The van der Waals surface area contributed by atoms with Gasteiger partial charge in [0.15, 0.2) is 0 Å². The van der Waals surface area contributed by atoms with Gasteiger partial charge in [0.25, 0.3) is 0 Å². The Hall–Kier alpha value is -2.55. The lowest BCUT2D eigenvalue weighted by atomic mass is 10.2. The first-order chi connectivity index (χ1) is 14.3. The number of amides is 1. The summed E-state index contributed by atoms with van der Waals surface area (Å²) in [6, 6.07) is 3.64. The highest BCUT2D eigenvalue weighted by molar-refractivity contribution is 5.68. The lowest BCUT2D eigenvalue weighted by molar-refractivity contribution is 0.112. The molecule has 1 saturated carbocycles. The number of unbranched alkanes of at least 4 members (excludes halogenated alkanes) is 1. The molecular formula is C21H34FN5O3. The standard InChI is InChI=1S/C21H34FN5O3/c1-15-19(30-16-8-4-5-9-16)11-10-17(25-15)20(23)18(27(3)24)14-29-21(28)26(2)13-7-6-12-22/h10-11,16H,4-9,12-14,23-24H2,1-3H3/b20-18-. The monoisotopic (exact) mass is 423 g/mol. The zero-order valence-electron chi connectivity index (χ0n) is 18.2. The fraction of sp³-hybridized carbons (Fsp3) is 0.619. The first-order valence-electron chi connectivity index (χ1n) is 10.4. The minimum Gasteiger partial charge on any atom is -0.489 e. The first kappa shape index (κ1) is 23.7. The van der Waals surface area contributed by atoms with Crippen molar-refractivity contribution in [2.24, 2.45) is 11.6 Å². The molecule has 30 heavy (non-hydrogen) atoms. The number of ether oxygens (including phenoxy) is 2. The summed E-state index contributed by atoms with van der Waals surface area (Å²) in [5.41, 5.74) is 8.32. The summed E-state index contributed by atoms with van der Waals surface area (Å²) < 4.78 is 23.6. The molecule has 2 rings (SSSR count). The summed E-state index contributed by atoms with van der Waals surface area (Å²) in [5.74, 6) is 6.66. The number of carbonyl (C=O) groups excluding carboxylic acids is 1. The number of rotatable bonds is 10. The van der Waals surface area contributed by atoms with E-state index in [4.69, 9.17) is 21.1 Å². The fourth-order valence-corrected chi connectivity index (χ4v) is 3.30. The lowest BCUT2D eigenvalue weighted by Gasteiger charge is -2.22. The van der Waals surface area contributed by atoms with Gasteiger partial charge in [-0.2, -0.15) is 0 Å². The molecule has 0 atom stereocenters. The zero-order chi connectivity index (χ0) is 22.1. The van der Waals surface area contributed by atoms with Crippen LogP contribution in [0.1, 0.15) is 49.9 Å². The molecule has 1 aromatic heterocycles. The number of pyridine rings is 1. The number of aryl methyl sites for hydroxylation is 1. The summed E-state index contributed by atoms with van der Waals surface area (Å²) in [7, 11) is 3.22. The molecule has 168 valence electrons. The van der Waals surface area contributed by atoms with Crippen LogP contribution in [0.3, 0.4) is 0 Å². The quantitative estimate of drug-likeness (QED) is 0.338. The van der Waals surface area contributed by atoms with E-state index >= 15 is 0 Å². The Labute approximate surface area is 178 Å². The number of nitrogens with two attached hydrogens (primary N) is 2. The summed E-state index contributed by atoms with van der Waals surface area (Å²) in [6.45, 7) is 1.78. The Morgan fingerprint density at radius 2 is 1.97 bits per heavy atom. The maximum absolute atomic E-state index is 12.2. The second kappa shape index (κ2) is 11.6. The van der Waals surface area contributed by atoms with E-state index in [9.17, 15) is 9.18 Å². The van der Waals surface area contributed by atoms with Gasteiger partial charge in [0, 0.05) is 20.6 Å². The predicted molar refractivity (Wildman–Crippen MR) is 114 cm³/mol. The van der Waals surface area contributed by atoms with Gasteiger partial charge in [-0.25, -0.2) is 15.6 Å². The largest absolute Gasteiger partial charge is 0.489 e. The second-order valence-electron chi connectivity index (χ2n) is 7.65. The molecule has 4 N–H and O–H groups in total. The van der Waals surface area contributed by atoms with Gasteiger partial charge in [0.1, 0.15) is 12.4 Å². The summed E-state index contributed by atoms with van der Waals surface area (Å²) in [4.78, 5) is 18.1. The molecular weight excluding hydrogens is 389 g/mol. The predicted octanol–water partition coefficient (Wildman–Crippen LogP) is 2.96. The fourth-order valence-electron chi connectivity index (χ4n) is 3.30. The van der Waals surface area contributed by atoms with Gasteiger partial charge in [0.05, 0.1) is 35.6 Å². The number of nitrogens with zero attached hydrogens (tertiary/aromatic N) is 3. The van der Waals surface area contributed by atoms with Crippen LogP contribution < -0.4 is 16.3 Å². The third kappa shape index (κ3) is 6.76. The summed E-state index contributed by atoms with van der Waals surface area (Å²) in [6.07, 6.45) is 5.23. The van der Waals surface area contributed by atoms with E-state index in [1.807, 2.05) is 13.0 Å². The number of hydrogen-bond donors (Lipinski definition) is 2. The van der Waals surface area contributed by atoms with Gasteiger partial charge in [-0.3, -0.25) is 4.39 Å². The Morgan fingerprint density at radius 3 is 2.57 bits per heavy atom. The van der Waals surface area contributed by atoms with Gasteiger partial charge in [-0.1, -0.05) is 0 Å². The number of aromatic nitrogens is 1. The molecule has 1 aliphatic rings. The Kier molecular flexibility index (Phi) is 9.16.